The summed E-state index contributed by atoms with van der Waals surface area (Å²) < 4.78 is 25.2. The van der Waals surface area contributed by atoms with Gasteiger partial charge in [0.05, 0.1) is 11.8 Å². The summed E-state index contributed by atoms with van der Waals surface area (Å²) in [5, 5.41) is 3.78. The molecule has 0 bridgehead atoms. The van der Waals surface area contributed by atoms with Gasteiger partial charge in [-0.2, -0.15) is 4.31 Å². The van der Waals surface area contributed by atoms with E-state index in [1.165, 1.54) is 9.87 Å². The first kappa shape index (κ1) is 17.5. The molecule has 2 amide bonds. The predicted octanol–water partition coefficient (Wildman–Crippen LogP) is 2.00. The fourth-order valence-electron chi connectivity index (χ4n) is 3.33. The number of sulfonamides is 1. The van der Waals surface area contributed by atoms with Crippen LogP contribution in [0.15, 0.2) is 18.2 Å². The quantitative estimate of drug-likeness (QED) is 0.883. The summed E-state index contributed by atoms with van der Waals surface area (Å²) in [6.07, 6.45) is 1.77. The van der Waals surface area contributed by atoms with Crippen LogP contribution in [0.1, 0.15) is 30.5 Å². The Balaban J connectivity index is 1.58. The summed E-state index contributed by atoms with van der Waals surface area (Å²) in [6, 6.07) is 5.65. The molecule has 0 spiro atoms. The molecule has 0 saturated carbocycles. The van der Waals surface area contributed by atoms with Crippen LogP contribution >= 0.6 is 11.6 Å². The van der Waals surface area contributed by atoms with Crippen molar-refractivity contribution in [2.24, 2.45) is 0 Å². The van der Waals surface area contributed by atoms with Crippen LogP contribution in [0.3, 0.4) is 0 Å². The molecule has 1 atom stereocenters. The van der Waals surface area contributed by atoms with Gasteiger partial charge in [0.15, 0.2) is 0 Å². The van der Waals surface area contributed by atoms with Gasteiger partial charge >= 0.3 is 6.03 Å². The first-order valence-corrected chi connectivity index (χ1v) is 10.2. The molecule has 1 aromatic rings. The Kier molecular flexibility index (Phi) is 5.03. The van der Waals surface area contributed by atoms with Crippen LogP contribution in [-0.4, -0.2) is 55.6 Å². The Hall–Kier alpha value is -1.31. The number of fused-ring (bicyclic) bond motifs is 1. The maximum absolute atomic E-state index is 12.5. The normalized spacial score (nSPS) is 21.6. The van der Waals surface area contributed by atoms with Crippen LogP contribution in [0.4, 0.5) is 4.79 Å². The van der Waals surface area contributed by atoms with E-state index in [1.807, 2.05) is 18.2 Å². The average molecular weight is 372 g/mol. The van der Waals surface area contributed by atoms with Gasteiger partial charge in [0.2, 0.25) is 10.0 Å². The summed E-state index contributed by atoms with van der Waals surface area (Å²) in [6.45, 7) is 3.20. The lowest BCUT2D eigenvalue weighted by atomic mass is 10.1. The molecule has 1 aromatic carbocycles. The molecule has 3 rings (SSSR count). The number of piperazine rings is 1. The molecule has 1 heterocycles. The van der Waals surface area contributed by atoms with Gasteiger partial charge < -0.3 is 10.2 Å². The molecule has 6 nitrogen and oxygen atoms in total. The Bertz CT molecular complexity index is 730. The number of nitrogens with one attached hydrogen (secondary N) is 1. The number of urea groups is 1. The van der Waals surface area contributed by atoms with Crippen molar-refractivity contribution in [1.82, 2.24) is 14.5 Å². The Morgan fingerprint density at radius 3 is 2.67 bits per heavy atom. The van der Waals surface area contributed by atoms with Crippen molar-refractivity contribution < 1.29 is 13.2 Å². The molecule has 24 heavy (non-hydrogen) atoms. The van der Waals surface area contributed by atoms with Crippen molar-refractivity contribution in [2.75, 3.05) is 31.9 Å². The van der Waals surface area contributed by atoms with E-state index in [0.717, 1.165) is 18.4 Å². The van der Waals surface area contributed by atoms with E-state index in [0.29, 0.717) is 31.2 Å². The zero-order valence-corrected chi connectivity index (χ0v) is 15.2. The monoisotopic (exact) mass is 371 g/mol. The third-order valence-corrected chi connectivity index (χ3v) is 6.88. The van der Waals surface area contributed by atoms with Crippen molar-refractivity contribution in [1.29, 1.82) is 0 Å². The van der Waals surface area contributed by atoms with Gasteiger partial charge in [0, 0.05) is 31.2 Å². The number of hydrogen-bond acceptors (Lipinski definition) is 3. The van der Waals surface area contributed by atoms with Crippen LogP contribution in [0.25, 0.3) is 0 Å². The van der Waals surface area contributed by atoms with E-state index < -0.39 is 10.0 Å². The number of halogens is 1. The van der Waals surface area contributed by atoms with Gasteiger partial charge in [-0.15, -0.1) is 0 Å². The second kappa shape index (κ2) is 6.90. The molecule has 1 fully saturated rings. The van der Waals surface area contributed by atoms with Crippen molar-refractivity contribution in [3.63, 3.8) is 0 Å². The number of carbonyl (C=O) groups excluding carboxylic acids is 1. The van der Waals surface area contributed by atoms with E-state index >= 15 is 0 Å². The van der Waals surface area contributed by atoms with Crippen LogP contribution in [-0.2, 0) is 16.4 Å². The van der Waals surface area contributed by atoms with Crippen LogP contribution in [0.5, 0.6) is 0 Å². The van der Waals surface area contributed by atoms with Gasteiger partial charge in [-0.25, -0.2) is 13.2 Å². The first-order valence-electron chi connectivity index (χ1n) is 8.22. The first-order chi connectivity index (χ1) is 11.4. The average Bonchev–Trinajstić information content (AvgIpc) is 2.96. The molecule has 8 heteroatoms. The van der Waals surface area contributed by atoms with Crippen LogP contribution < -0.4 is 5.32 Å². The van der Waals surface area contributed by atoms with E-state index in [-0.39, 0.29) is 17.8 Å². The molecule has 2 aliphatic rings. The Labute approximate surface area is 147 Å². The Morgan fingerprint density at radius 1 is 1.29 bits per heavy atom. The predicted molar refractivity (Wildman–Crippen MR) is 93.7 cm³/mol. The molecule has 0 radical (unpaired) electrons. The van der Waals surface area contributed by atoms with Gasteiger partial charge in [0.1, 0.15) is 0 Å². The molecular formula is C16H22ClN3O3S. The summed E-state index contributed by atoms with van der Waals surface area (Å²) in [7, 11) is -3.17. The van der Waals surface area contributed by atoms with E-state index in [1.54, 1.807) is 11.8 Å². The zero-order chi connectivity index (χ0) is 17.3. The number of amides is 2. The highest BCUT2D eigenvalue weighted by molar-refractivity contribution is 7.89. The minimum Gasteiger partial charge on any atom is -0.331 e. The molecule has 132 valence electrons. The Morgan fingerprint density at radius 2 is 2.00 bits per heavy atom. The number of rotatable bonds is 3. The topological polar surface area (TPSA) is 69.7 Å². The highest BCUT2D eigenvalue weighted by Crippen LogP contribution is 2.33. The van der Waals surface area contributed by atoms with Gasteiger partial charge in [-0.05, 0) is 43.0 Å². The van der Waals surface area contributed by atoms with E-state index in [9.17, 15) is 13.2 Å². The molecule has 1 N–H and O–H groups in total. The van der Waals surface area contributed by atoms with Gasteiger partial charge in [-0.3, -0.25) is 0 Å². The zero-order valence-electron chi connectivity index (χ0n) is 13.7. The lowest BCUT2D eigenvalue weighted by molar-refractivity contribution is 0.169. The molecule has 1 saturated heterocycles. The third-order valence-electron chi connectivity index (χ3n) is 4.76. The lowest BCUT2D eigenvalue weighted by Crippen LogP contribution is -2.53. The number of benzene rings is 1. The highest BCUT2D eigenvalue weighted by Gasteiger charge is 2.30. The van der Waals surface area contributed by atoms with E-state index in [2.05, 4.69) is 5.32 Å². The number of carbonyl (C=O) groups is 1. The highest BCUT2D eigenvalue weighted by atomic mass is 35.5. The fraction of sp³-hybridized carbons (Fsp3) is 0.562. The molecule has 1 aliphatic heterocycles. The maximum Gasteiger partial charge on any atom is 0.317 e. The van der Waals surface area contributed by atoms with E-state index in [4.69, 9.17) is 11.6 Å². The largest absolute Gasteiger partial charge is 0.331 e. The minimum atomic E-state index is -3.17. The number of nitrogens with zero attached hydrogens (tertiary/aromatic N) is 2. The third kappa shape index (κ3) is 3.53. The smallest absolute Gasteiger partial charge is 0.317 e. The fourth-order valence-corrected chi connectivity index (χ4v) is 4.61. The minimum absolute atomic E-state index is 0.00201. The second-order valence-electron chi connectivity index (χ2n) is 6.17. The summed E-state index contributed by atoms with van der Waals surface area (Å²) in [5.41, 5.74) is 2.31. The van der Waals surface area contributed by atoms with Gasteiger partial charge in [-0.1, -0.05) is 17.7 Å². The maximum atomic E-state index is 12.5. The molecule has 1 aliphatic carbocycles. The number of aryl methyl sites for hydroxylation is 1. The van der Waals surface area contributed by atoms with Crippen LogP contribution in [0.2, 0.25) is 5.02 Å². The summed E-state index contributed by atoms with van der Waals surface area (Å²) in [5.74, 6) is 0.0978. The van der Waals surface area contributed by atoms with Crippen LogP contribution in [0, 0.1) is 0 Å². The summed E-state index contributed by atoms with van der Waals surface area (Å²) in [4.78, 5) is 14.2. The molecule has 0 aromatic heterocycles. The number of hydrogen-bond donors (Lipinski definition) is 1. The van der Waals surface area contributed by atoms with Crippen molar-refractivity contribution in [2.45, 2.75) is 25.8 Å². The van der Waals surface area contributed by atoms with Crippen molar-refractivity contribution >= 4 is 27.7 Å². The molecular weight excluding hydrogens is 350 g/mol. The summed E-state index contributed by atoms with van der Waals surface area (Å²) >= 11 is 6.01. The lowest BCUT2D eigenvalue weighted by Gasteiger charge is -2.34. The SMILES string of the molecule is CCS(=O)(=O)N1CCN(C(=O)NC2CCc3cc(Cl)ccc32)CC1. The molecule has 1 unspecified atom stereocenters. The van der Waals surface area contributed by atoms with Crippen molar-refractivity contribution in [3.05, 3.63) is 34.3 Å². The second-order valence-corrected chi connectivity index (χ2v) is 8.86. The van der Waals surface area contributed by atoms with Gasteiger partial charge in [0.25, 0.3) is 0 Å². The van der Waals surface area contributed by atoms with Crippen molar-refractivity contribution in [3.8, 4) is 0 Å². The standard InChI is InChI=1S/C16H22ClN3O3S/c1-2-24(22,23)20-9-7-19(8-10-20)16(21)18-15-6-3-12-11-13(17)4-5-14(12)15/h4-5,11,15H,2-3,6-10H2,1H3,(H,18,21).